The van der Waals surface area contributed by atoms with Crippen molar-refractivity contribution in [3.63, 3.8) is 0 Å². The van der Waals surface area contributed by atoms with Crippen LogP contribution < -0.4 is 11.1 Å². The maximum Gasteiger partial charge on any atom is 0.144 e. The summed E-state index contributed by atoms with van der Waals surface area (Å²) in [6.45, 7) is -0.526. The third kappa shape index (κ3) is 5.29. The maximum absolute atomic E-state index is 13.9. The molecular formula is C20H19ClF2N4O4S. The zero-order chi connectivity index (χ0) is 23.4. The summed E-state index contributed by atoms with van der Waals surface area (Å²) in [5.74, 6) is -2.14. The van der Waals surface area contributed by atoms with Crippen molar-refractivity contribution in [1.29, 1.82) is 5.26 Å². The summed E-state index contributed by atoms with van der Waals surface area (Å²) in [5, 5.41) is 42.7. The maximum atomic E-state index is 13.9. The fraction of sp³-hybridized carbons (Fsp3) is 0.300. The number of rotatable bonds is 6. The summed E-state index contributed by atoms with van der Waals surface area (Å²) in [6.07, 6.45) is 0.481. The van der Waals surface area contributed by atoms with Gasteiger partial charge in [-0.2, -0.15) is 5.26 Å². The van der Waals surface area contributed by atoms with E-state index in [1.807, 2.05) is 0 Å². The first-order chi connectivity index (χ1) is 15.2. The Labute approximate surface area is 191 Å². The molecule has 8 nitrogen and oxygen atoms in total. The molecule has 0 bridgehead atoms. The monoisotopic (exact) mass is 484 g/mol. The molecule has 0 aliphatic carbocycles. The molecule has 0 saturated carbocycles. The number of halogens is 3. The van der Waals surface area contributed by atoms with E-state index >= 15 is 0 Å². The average Bonchev–Trinajstić information content (AvgIpc) is 2.75. The fourth-order valence-corrected chi connectivity index (χ4v) is 4.42. The van der Waals surface area contributed by atoms with Gasteiger partial charge in [-0.15, -0.1) is 0 Å². The highest BCUT2D eigenvalue weighted by atomic mass is 35.5. The molecule has 5 atom stereocenters. The van der Waals surface area contributed by atoms with Gasteiger partial charge in [-0.1, -0.05) is 23.4 Å². The normalized spacial score (nSPS) is 25.9. The quantitative estimate of drug-likeness (QED) is 0.410. The molecule has 0 spiro atoms. The molecule has 2 aromatic rings. The van der Waals surface area contributed by atoms with Crippen molar-refractivity contribution in [2.75, 3.05) is 6.61 Å². The summed E-state index contributed by atoms with van der Waals surface area (Å²) in [6, 6.07) is 3.78. The van der Waals surface area contributed by atoms with Gasteiger partial charge in [0.1, 0.15) is 47.0 Å². The average molecular weight is 485 g/mol. The topological polar surface area (TPSA) is 145 Å². The number of nitrogens with one attached hydrogen (secondary N) is 1. The molecular weight excluding hydrogens is 466 g/mol. The van der Waals surface area contributed by atoms with Crippen molar-refractivity contribution < 1.29 is 28.8 Å². The highest BCUT2D eigenvalue weighted by molar-refractivity contribution is 7.99. The van der Waals surface area contributed by atoms with E-state index in [1.165, 1.54) is 24.7 Å². The zero-order valence-electron chi connectivity index (χ0n) is 16.3. The zero-order valence-corrected chi connectivity index (χ0v) is 17.9. The Balaban J connectivity index is 1.81. The second-order valence-electron chi connectivity index (χ2n) is 6.88. The summed E-state index contributed by atoms with van der Waals surface area (Å²) in [7, 11) is 0. The van der Waals surface area contributed by atoms with Crippen LogP contribution in [-0.4, -0.2) is 56.7 Å². The number of benzene rings is 1. The Kier molecular flexibility index (Phi) is 7.89. The summed E-state index contributed by atoms with van der Waals surface area (Å²) in [5.41, 5.74) is 4.09. The number of pyridine rings is 1. The SMILES string of the molecule is N#Cc1c(F)cc(/C(N)=C/NC2C(O)C(CO)OC(Sc3cncc(Cl)c3)C2O)cc1F. The minimum atomic E-state index is -1.33. The van der Waals surface area contributed by atoms with Gasteiger partial charge in [-0.05, 0) is 18.2 Å². The van der Waals surface area contributed by atoms with Gasteiger partial charge >= 0.3 is 0 Å². The van der Waals surface area contributed by atoms with Crippen LogP contribution in [0.25, 0.3) is 5.70 Å². The van der Waals surface area contributed by atoms with Gasteiger partial charge in [0.05, 0.1) is 23.4 Å². The van der Waals surface area contributed by atoms with Gasteiger partial charge in [0, 0.05) is 29.1 Å². The highest BCUT2D eigenvalue weighted by Gasteiger charge is 2.44. The molecule has 0 radical (unpaired) electrons. The smallest absolute Gasteiger partial charge is 0.144 e. The molecule has 1 aliphatic heterocycles. The molecule has 170 valence electrons. The van der Waals surface area contributed by atoms with Crippen LogP contribution in [0, 0.1) is 23.0 Å². The second-order valence-corrected chi connectivity index (χ2v) is 8.49. The number of thioether (sulfide) groups is 1. The number of nitrogens with zero attached hydrogens (tertiary/aromatic N) is 2. The van der Waals surface area contributed by atoms with E-state index in [0.29, 0.717) is 9.92 Å². The lowest BCUT2D eigenvalue weighted by Gasteiger charge is -2.42. The van der Waals surface area contributed by atoms with Crippen LogP contribution >= 0.6 is 23.4 Å². The van der Waals surface area contributed by atoms with E-state index in [0.717, 1.165) is 23.9 Å². The van der Waals surface area contributed by atoms with Crippen molar-refractivity contribution in [2.45, 2.75) is 34.7 Å². The summed E-state index contributed by atoms with van der Waals surface area (Å²) in [4.78, 5) is 4.55. The number of ether oxygens (including phenoxy) is 1. The number of nitrogens with two attached hydrogens (primary N) is 1. The highest BCUT2D eigenvalue weighted by Crippen LogP contribution is 2.34. The number of hydrogen-bond acceptors (Lipinski definition) is 9. The minimum absolute atomic E-state index is 0.0443. The molecule has 0 amide bonds. The molecule has 1 fully saturated rings. The summed E-state index contributed by atoms with van der Waals surface area (Å²) >= 11 is 7.01. The van der Waals surface area contributed by atoms with Crippen LogP contribution in [0.2, 0.25) is 5.02 Å². The first kappa shape index (κ1) is 24.2. The first-order valence-electron chi connectivity index (χ1n) is 9.26. The third-order valence-electron chi connectivity index (χ3n) is 4.74. The van der Waals surface area contributed by atoms with Crippen molar-refractivity contribution >= 4 is 29.1 Å². The Hall–Kier alpha value is -2.46. The minimum Gasteiger partial charge on any atom is -0.397 e. The predicted molar refractivity (Wildman–Crippen MR) is 113 cm³/mol. The molecule has 1 aromatic carbocycles. The van der Waals surface area contributed by atoms with Crippen molar-refractivity contribution in [3.8, 4) is 6.07 Å². The summed E-state index contributed by atoms with van der Waals surface area (Å²) < 4.78 is 33.3. The molecule has 2 heterocycles. The molecule has 5 unspecified atom stereocenters. The molecule has 1 saturated heterocycles. The van der Waals surface area contributed by atoms with E-state index in [4.69, 9.17) is 27.3 Å². The van der Waals surface area contributed by atoms with Crippen LogP contribution in [0.1, 0.15) is 11.1 Å². The van der Waals surface area contributed by atoms with Crippen LogP contribution in [0.3, 0.4) is 0 Å². The van der Waals surface area contributed by atoms with E-state index in [9.17, 15) is 24.1 Å². The van der Waals surface area contributed by atoms with E-state index < -0.39 is 53.6 Å². The van der Waals surface area contributed by atoms with Crippen molar-refractivity contribution in [3.05, 3.63) is 64.6 Å². The van der Waals surface area contributed by atoms with Gasteiger partial charge < -0.3 is 31.1 Å². The van der Waals surface area contributed by atoms with Gasteiger partial charge in [0.2, 0.25) is 0 Å². The van der Waals surface area contributed by atoms with Crippen molar-refractivity contribution in [2.24, 2.45) is 5.73 Å². The van der Waals surface area contributed by atoms with E-state index in [2.05, 4.69) is 10.3 Å². The predicted octanol–water partition coefficient (Wildman–Crippen LogP) is 1.33. The molecule has 6 N–H and O–H groups in total. The molecule has 32 heavy (non-hydrogen) atoms. The number of nitriles is 1. The first-order valence-corrected chi connectivity index (χ1v) is 10.5. The lowest BCUT2D eigenvalue weighted by molar-refractivity contribution is -0.164. The Morgan fingerprint density at radius 3 is 2.56 bits per heavy atom. The molecule has 12 heteroatoms. The lowest BCUT2D eigenvalue weighted by Crippen LogP contribution is -2.62. The van der Waals surface area contributed by atoms with Crippen LogP contribution in [0.4, 0.5) is 8.78 Å². The third-order valence-corrected chi connectivity index (χ3v) is 6.06. The molecule has 1 aliphatic rings. The second kappa shape index (κ2) is 10.4. The fourth-order valence-electron chi connectivity index (χ4n) is 3.09. The van der Waals surface area contributed by atoms with Crippen molar-refractivity contribution in [1.82, 2.24) is 10.3 Å². The van der Waals surface area contributed by atoms with E-state index in [-0.39, 0.29) is 11.3 Å². The largest absolute Gasteiger partial charge is 0.397 e. The number of aliphatic hydroxyl groups excluding tert-OH is 3. The Morgan fingerprint density at radius 1 is 1.28 bits per heavy atom. The standard InChI is InChI=1S/C20H19ClF2N4O4S/c21-10-3-11(6-26-5-10)32-20-19(30)17(18(29)16(8-28)31-20)27-7-15(25)9-1-13(22)12(4-24)14(23)2-9/h1-3,5-7,16-20,27-30H,8,25H2/b15-7-. The van der Waals surface area contributed by atoms with E-state index in [1.54, 1.807) is 6.07 Å². The Bertz CT molecular complexity index is 1030. The lowest BCUT2D eigenvalue weighted by atomic mass is 9.97. The van der Waals surface area contributed by atoms with Gasteiger partial charge in [-0.3, -0.25) is 4.98 Å². The number of hydrogen-bond donors (Lipinski definition) is 5. The van der Waals surface area contributed by atoms with Gasteiger partial charge in [-0.25, -0.2) is 8.78 Å². The van der Waals surface area contributed by atoms with Crippen LogP contribution in [0.15, 0.2) is 41.7 Å². The number of aliphatic hydroxyl groups is 3. The number of aromatic nitrogens is 1. The Morgan fingerprint density at radius 2 is 1.97 bits per heavy atom. The van der Waals surface area contributed by atoms with Crippen LogP contribution in [0.5, 0.6) is 0 Å². The van der Waals surface area contributed by atoms with Crippen LogP contribution in [-0.2, 0) is 4.74 Å². The van der Waals surface area contributed by atoms with Gasteiger partial charge in [0.15, 0.2) is 0 Å². The molecule has 1 aromatic heterocycles. The van der Waals surface area contributed by atoms with Gasteiger partial charge in [0.25, 0.3) is 0 Å². The molecule has 3 rings (SSSR count).